The van der Waals surface area contributed by atoms with E-state index in [1.165, 1.54) is 12.3 Å². The summed E-state index contributed by atoms with van der Waals surface area (Å²) in [5.41, 5.74) is 2.87. The van der Waals surface area contributed by atoms with E-state index in [0.29, 0.717) is 23.7 Å². The first-order valence-corrected chi connectivity index (χ1v) is 9.47. The van der Waals surface area contributed by atoms with Crippen LogP contribution in [0.2, 0.25) is 0 Å². The zero-order chi connectivity index (χ0) is 18.7. The first-order chi connectivity index (χ1) is 12.4. The number of nitrogens with zero attached hydrogens (tertiary/aromatic N) is 4. The highest BCUT2D eigenvalue weighted by Crippen LogP contribution is 2.22. The monoisotopic (exact) mass is 372 g/mol. The molecule has 3 rings (SSSR count). The van der Waals surface area contributed by atoms with Crippen LogP contribution in [0.15, 0.2) is 47.8 Å². The summed E-state index contributed by atoms with van der Waals surface area (Å²) in [6.07, 6.45) is 4.79. The Morgan fingerprint density at radius 1 is 1.15 bits per heavy atom. The average molecular weight is 372 g/mol. The number of hydrogen-bond acceptors (Lipinski definition) is 6. The Morgan fingerprint density at radius 3 is 2.54 bits per heavy atom. The van der Waals surface area contributed by atoms with Crippen molar-refractivity contribution in [1.29, 1.82) is 0 Å². The molecule has 8 nitrogen and oxygen atoms in total. The van der Waals surface area contributed by atoms with Crippen molar-refractivity contribution >= 4 is 21.5 Å². The Bertz CT molecular complexity index is 998. The molecule has 3 heterocycles. The smallest absolute Gasteiger partial charge is 0.263 e. The van der Waals surface area contributed by atoms with Gasteiger partial charge in [0.25, 0.3) is 10.0 Å². The van der Waals surface area contributed by atoms with Crippen LogP contribution < -0.4 is 10.0 Å². The summed E-state index contributed by atoms with van der Waals surface area (Å²) in [6, 6.07) is 6.95. The minimum Gasteiger partial charge on any atom is -0.366 e. The molecule has 2 N–H and O–H groups in total. The second kappa shape index (κ2) is 7.12. The third kappa shape index (κ3) is 3.83. The quantitative estimate of drug-likeness (QED) is 0.688. The first kappa shape index (κ1) is 17.9. The maximum absolute atomic E-state index is 12.6. The molecule has 0 amide bonds. The molecule has 0 radical (unpaired) electrons. The molecule has 0 aliphatic heterocycles. The molecule has 0 aliphatic rings. The molecule has 0 fully saturated rings. The zero-order valence-corrected chi connectivity index (χ0v) is 15.6. The number of pyridine rings is 2. The number of hydrogen-bond donors (Lipinski definition) is 2. The lowest BCUT2D eigenvalue weighted by atomic mass is 10.3. The van der Waals surface area contributed by atoms with Crippen LogP contribution in [0.4, 0.5) is 11.5 Å². The second-order valence-electron chi connectivity index (χ2n) is 5.87. The van der Waals surface area contributed by atoms with Crippen molar-refractivity contribution in [2.75, 3.05) is 10.0 Å². The number of aryl methyl sites for hydroxylation is 2. The van der Waals surface area contributed by atoms with Gasteiger partial charge in [0.15, 0.2) is 0 Å². The average Bonchev–Trinajstić information content (AvgIpc) is 2.87. The number of anilines is 2. The minimum absolute atomic E-state index is 0.0899. The van der Waals surface area contributed by atoms with E-state index in [9.17, 15) is 8.42 Å². The van der Waals surface area contributed by atoms with Gasteiger partial charge in [-0.15, -0.1) is 0 Å². The summed E-state index contributed by atoms with van der Waals surface area (Å²) in [5, 5.41) is 7.35. The maximum Gasteiger partial charge on any atom is 0.263 e. The highest BCUT2D eigenvalue weighted by molar-refractivity contribution is 7.92. The summed E-state index contributed by atoms with van der Waals surface area (Å²) in [7, 11) is -1.96. The molecular weight excluding hydrogens is 352 g/mol. The molecule has 0 bridgehead atoms. The Labute approximate surface area is 152 Å². The molecule has 3 aromatic rings. The van der Waals surface area contributed by atoms with Crippen LogP contribution in [0.1, 0.15) is 17.0 Å². The van der Waals surface area contributed by atoms with Gasteiger partial charge in [0.2, 0.25) is 0 Å². The summed E-state index contributed by atoms with van der Waals surface area (Å²) in [4.78, 5) is 8.31. The second-order valence-corrected chi connectivity index (χ2v) is 7.55. The number of nitrogens with one attached hydrogen (secondary N) is 2. The summed E-state index contributed by atoms with van der Waals surface area (Å²) < 4.78 is 29.4. The van der Waals surface area contributed by atoms with Crippen LogP contribution in [0.3, 0.4) is 0 Å². The largest absolute Gasteiger partial charge is 0.366 e. The van der Waals surface area contributed by atoms with Crippen LogP contribution in [-0.4, -0.2) is 28.2 Å². The van der Waals surface area contributed by atoms with Gasteiger partial charge in [-0.3, -0.25) is 14.4 Å². The maximum atomic E-state index is 12.6. The van der Waals surface area contributed by atoms with Gasteiger partial charge < -0.3 is 5.32 Å². The number of rotatable bonds is 6. The molecule has 0 aliphatic carbocycles. The molecule has 0 atom stereocenters. The Hall–Kier alpha value is -2.94. The van der Waals surface area contributed by atoms with E-state index in [0.717, 1.165) is 11.3 Å². The normalized spacial score (nSPS) is 11.3. The van der Waals surface area contributed by atoms with Crippen LogP contribution >= 0.6 is 0 Å². The van der Waals surface area contributed by atoms with Crippen molar-refractivity contribution in [2.24, 2.45) is 7.05 Å². The summed E-state index contributed by atoms with van der Waals surface area (Å²) in [6.45, 7) is 4.12. The molecule has 0 saturated carbocycles. The molecule has 9 heteroatoms. The van der Waals surface area contributed by atoms with Gasteiger partial charge in [-0.1, -0.05) is 6.07 Å². The van der Waals surface area contributed by atoms with Gasteiger partial charge in [0, 0.05) is 32.2 Å². The SMILES string of the molecule is Cc1nn(C)c(C)c1NS(=O)(=O)c1ccc(NCc2cccnc2)nc1. The predicted octanol–water partition coefficient (Wildman–Crippen LogP) is 2.24. The standard InChI is InChI=1S/C17H20N6O2S/c1-12-17(13(2)23(3)21-12)22-26(24,25)15-6-7-16(20-11-15)19-10-14-5-4-8-18-9-14/h4-9,11,22H,10H2,1-3H3,(H,19,20). The van der Waals surface area contributed by atoms with Crippen molar-refractivity contribution in [3.05, 3.63) is 59.8 Å². The van der Waals surface area contributed by atoms with Gasteiger partial charge in [-0.05, 0) is 37.6 Å². The highest BCUT2D eigenvalue weighted by atomic mass is 32.2. The Balaban J connectivity index is 1.72. The van der Waals surface area contributed by atoms with Crippen molar-refractivity contribution in [2.45, 2.75) is 25.3 Å². The number of aromatic nitrogens is 4. The molecule has 26 heavy (non-hydrogen) atoms. The van der Waals surface area contributed by atoms with Gasteiger partial charge in [-0.2, -0.15) is 5.10 Å². The summed E-state index contributed by atoms with van der Waals surface area (Å²) >= 11 is 0. The molecule has 0 spiro atoms. The van der Waals surface area contributed by atoms with Gasteiger partial charge in [0.05, 0.1) is 17.1 Å². The lowest BCUT2D eigenvalue weighted by molar-refractivity contribution is 0.600. The van der Waals surface area contributed by atoms with Crippen LogP contribution in [-0.2, 0) is 23.6 Å². The fraction of sp³-hybridized carbons (Fsp3) is 0.235. The lowest BCUT2D eigenvalue weighted by Gasteiger charge is -2.09. The van der Waals surface area contributed by atoms with E-state index in [2.05, 4.69) is 25.1 Å². The molecule has 136 valence electrons. The van der Waals surface area contributed by atoms with Crippen molar-refractivity contribution < 1.29 is 8.42 Å². The lowest BCUT2D eigenvalue weighted by Crippen LogP contribution is -2.14. The van der Waals surface area contributed by atoms with E-state index < -0.39 is 10.0 Å². The van der Waals surface area contributed by atoms with Gasteiger partial charge in [0.1, 0.15) is 10.7 Å². The molecule has 3 aromatic heterocycles. The predicted molar refractivity (Wildman–Crippen MR) is 99.3 cm³/mol. The van der Waals surface area contributed by atoms with E-state index in [-0.39, 0.29) is 4.90 Å². The fourth-order valence-corrected chi connectivity index (χ4v) is 3.57. The van der Waals surface area contributed by atoms with E-state index in [4.69, 9.17) is 0 Å². The Kier molecular flexibility index (Phi) is 4.90. The minimum atomic E-state index is -3.73. The fourth-order valence-electron chi connectivity index (χ4n) is 2.45. The van der Waals surface area contributed by atoms with Crippen molar-refractivity contribution in [3.8, 4) is 0 Å². The third-order valence-corrected chi connectivity index (χ3v) is 5.32. The Morgan fingerprint density at radius 2 is 1.96 bits per heavy atom. The van der Waals surface area contributed by atoms with E-state index in [1.807, 2.05) is 19.1 Å². The van der Waals surface area contributed by atoms with Crippen molar-refractivity contribution in [1.82, 2.24) is 19.7 Å². The number of sulfonamides is 1. The third-order valence-electron chi connectivity index (χ3n) is 3.99. The molecule has 0 saturated heterocycles. The highest BCUT2D eigenvalue weighted by Gasteiger charge is 2.19. The van der Waals surface area contributed by atoms with Crippen molar-refractivity contribution in [3.63, 3.8) is 0 Å². The molecule has 0 unspecified atom stereocenters. The topological polar surface area (TPSA) is 102 Å². The summed E-state index contributed by atoms with van der Waals surface area (Å²) in [5.74, 6) is 0.585. The zero-order valence-electron chi connectivity index (χ0n) is 14.8. The van der Waals surface area contributed by atoms with Crippen LogP contribution in [0.25, 0.3) is 0 Å². The first-order valence-electron chi connectivity index (χ1n) is 7.98. The van der Waals surface area contributed by atoms with Crippen LogP contribution in [0, 0.1) is 13.8 Å². The van der Waals surface area contributed by atoms with Gasteiger partial charge >= 0.3 is 0 Å². The van der Waals surface area contributed by atoms with E-state index in [1.54, 1.807) is 37.1 Å². The van der Waals surface area contributed by atoms with E-state index >= 15 is 0 Å². The molecular formula is C17H20N6O2S. The van der Waals surface area contributed by atoms with Gasteiger partial charge in [-0.25, -0.2) is 13.4 Å². The molecule has 0 aromatic carbocycles. The van der Waals surface area contributed by atoms with Crippen LogP contribution in [0.5, 0.6) is 0 Å².